The third-order valence-corrected chi connectivity index (χ3v) is 6.31. The van der Waals surface area contributed by atoms with E-state index in [1.807, 2.05) is 47.8 Å². The molecule has 2 aromatic carbocycles. The molecule has 29 heavy (non-hydrogen) atoms. The van der Waals surface area contributed by atoms with Gasteiger partial charge in [0.2, 0.25) is 5.91 Å². The molecular formula is C22H19N3O2S2. The van der Waals surface area contributed by atoms with E-state index >= 15 is 0 Å². The molecule has 0 aliphatic carbocycles. The Hall–Kier alpha value is -3.03. The van der Waals surface area contributed by atoms with Crippen molar-refractivity contribution in [3.63, 3.8) is 0 Å². The van der Waals surface area contributed by atoms with E-state index < -0.39 is 6.04 Å². The number of para-hydroxylation sites is 1. The van der Waals surface area contributed by atoms with Crippen LogP contribution >= 0.6 is 22.7 Å². The summed E-state index contributed by atoms with van der Waals surface area (Å²) in [6.45, 7) is 1.67. The van der Waals surface area contributed by atoms with Crippen LogP contribution in [0.5, 0.6) is 0 Å². The number of nitrogens with zero attached hydrogens (tertiary/aromatic N) is 1. The van der Waals surface area contributed by atoms with Crippen molar-refractivity contribution in [2.45, 2.75) is 19.4 Å². The number of nitrogens with one attached hydrogen (secondary N) is 2. The van der Waals surface area contributed by atoms with E-state index in [0.29, 0.717) is 10.6 Å². The fraction of sp³-hybridized carbons (Fsp3) is 0.136. The molecule has 4 rings (SSSR count). The molecule has 0 radical (unpaired) electrons. The van der Waals surface area contributed by atoms with Crippen LogP contribution in [0.3, 0.4) is 0 Å². The van der Waals surface area contributed by atoms with E-state index in [0.717, 1.165) is 22.5 Å². The molecule has 2 amide bonds. The second-order valence-electron chi connectivity index (χ2n) is 6.61. The van der Waals surface area contributed by atoms with E-state index in [9.17, 15) is 9.59 Å². The number of hydrogen-bond donors (Lipinski definition) is 2. The maximum absolute atomic E-state index is 12.4. The van der Waals surface area contributed by atoms with E-state index in [1.165, 1.54) is 16.0 Å². The van der Waals surface area contributed by atoms with Gasteiger partial charge in [0.05, 0.1) is 20.1 Å². The molecule has 5 nitrogen and oxygen atoms in total. The molecule has 0 saturated carbocycles. The summed E-state index contributed by atoms with van der Waals surface area (Å²) in [7, 11) is 0. The van der Waals surface area contributed by atoms with Crippen LogP contribution in [0.4, 0.5) is 5.69 Å². The van der Waals surface area contributed by atoms with Crippen molar-refractivity contribution in [2.75, 3.05) is 5.32 Å². The van der Waals surface area contributed by atoms with Crippen LogP contribution in [-0.4, -0.2) is 22.8 Å². The third kappa shape index (κ3) is 4.70. The quantitative estimate of drug-likeness (QED) is 0.474. The van der Waals surface area contributed by atoms with Gasteiger partial charge in [0.15, 0.2) is 0 Å². The molecule has 7 heteroatoms. The van der Waals surface area contributed by atoms with Gasteiger partial charge < -0.3 is 10.6 Å². The average molecular weight is 422 g/mol. The number of fused-ring (bicyclic) bond motifs is 1. The Morgan fingerprint density at radius 2 is 1.83 bits per heavy atom. The zero-order valence-corrected chi connectivity index (χ0v) is 17.3. The Morgan fingerprint density at radius 3 is 2.55 bits per heavy atom. The molecule has 0 fully saturated rings. The summed E-state index contributed by atoms with van der Waals surface area (Å²) in [4.78, 5) is 29.7. The van der Waals surface area contributed by atoms with Gasteiger partial charge in [-0.05, 0) is 48.2 Å². The molecule has 2 heterocycles. The number of hydrogen-bond acceptors (Lipinski definition) is 5. The average Bonchev–Trinajstić information content (AvgIpc) is 3.39. The van der Waals surface area contributed by atoms with Crippen molar-refractivity contribution < 1.29 is 9.59 Å². The Balaban J connectivity index is 1.34. The maximum Gasteiger partial charge on any atom is 0.261 e. The first-order chi connectivity index (χ1) is 14.1. The molecule has 4 aromatic rings. The lowest BCUT2D eigenvalue weighted by Crippen LogP contribution is -2.41. The van der Waals surface area contributed by atoms with Crippen molar-refractivity contribution in [2.24, 2.45) is 0 Å². The number of thiophene rings is 1. The molecule has 0 bridgehead atoms. The Labute approximate surface area is 176 Å². The summed E-state index contributed by atoms with van der Waals surface area (Å²) in [5.74, 6) is -0.498. The highest BCUT2D eigenvalue weighted by atomic mass is 32.1. The molecule has 0 spiro atoms. The fourth-order valence-corrected chi connectivity index (χ4v) is 4.50. The summed E-state index contributed by atoms with van der Waals surface area (Å²) >= 11 is 3.04. The van der Waals surface area contributed by atoms with E-state index in [1.54, 1.807) is 30.4 Å². The number of carbonyl (C=O) groups excluding carboxylic acids is 2. The van der Waals surface area contributed by atoms with Crippen LogP contribution in [0.1, 0.15) is 27.2 Å². The van der Waals surface area contributed by atoms with Crippen LogP contribution in [-0.2, 0) is 11.2 Å². The van der Waals surface area contributed by atoms with Gasteiger partial charge in [0.25, 0.3) is 5.91 Å². The first kappa shape index (κ1) is 19.3. The van der Waals surface area contributed by atoms with E-state index in [4.69, 9.17) is 0 Å². The number of thiazole rings is 1. The second-order valence-corrected chi connectivity index (χ2v) is 8.67. The van der Waals surface area contributed by atoms with Gasteiger partial charge in [-0.25, -0.2) is 4.98 Å². The monoisotopic (exact) mass is 421 g/mol. The SMILES string of the molecule is CC(NC(=O)c1cccs1)C(=O)Nc1ccc(Cc2nc3ccccc3s2)cc1. The smallest absolute Gasteiger partial charge is 0.261 e. The molecule has 0 aliphatic rings. The van der Waals surface area contributed by atoms with Crippen molar-refractivity contribution in [1.82, 2.24) is 10.3 Å². The van der Waals surface area contributed by atoms with Crippen LogP contribution in [0, 0.1) is 0 Å². The van der Waals surface area contributed by atoms with Crippen LogP contribution in [0.25, 0.3) is 10.2 Å². The number of carbonyl (C=O) groups is 2. The summed E-state index contributed by atoms with van der Waals surface area (Å²) in [5, 5.41) is 8.45. The highest BCUT2D eigenvalue weighted by Gasteiger charge is 2.17. The zero-order valence-electron chi connectivity index (χ0n) is 15.7. The maximum atomic E-state index is 12.4. The topological polar surface area (TPSA) is 71.1 Å². The number of rotatable bonds is 6. The van der Waals surface area contributed by atoms with Crippen molar-refractivity contribution in [1.29, 1.82) is 0 Å². The predicted molar refractivity (Wildman–Crippen MR) is 119 cm³/mol. The van der Waals surface area contributed by atoms with Crippen molar-refractivity contribution in [3.8, 4) is 0 Å². The standard InChI is InChI=1S/C22H19N3O2S2/c1-14(23-22(27)19-7-4-12-28-19)21(26)24-16-10-8-15(9-11-16)13-20-25-17-5-2-3-6-18(17)29-20/h2-12,14H,13H2,1H3,(H,23,27)(H,24,26). The largest absolute Gasteiger partial charge is 0.340 e. The Morgan fingerprint density at radius 1 is 1.03 bits per heavy atom. The lowest BCUT2D eigenvalue weighted by atomic mass is 10.1. The summed E-state index contributed by atoms with van der Waals surface area (Å²) in [6, 6.07) is 18.7. The zero-order chi connectivity index (χ0) is 20.2. The summed E-state index contributed by atoms with van der Waals surface area (Å²) in [6.07, 6.45) is 0.751. The van der Waals surface area contributed by atoms with Crippen molar-refractivity contribution >= 4 is 50.4 Å². The number of aromatic nitrogens is 1. The molecule has 0 aliphatic heterocycles. The van der Waals surface area contributed by atoms with Gasteiger partial charge >= 0.3 is 0 Å². The van der Waals surface area contributed by atoms with Gasteiger partial charge in [-0.2, -0.15) is 0 Å². The van der Waals surface area contributed by atoms with Crippen LogP contribution in [0.2, 0.25) is 0 Å². The van der Waals surface area contributed by atoms with Crippen molar-refractivity contribution in [3.05, 3.63) is 81.5 Å². The first-order valence-electron chi connectivity index (χ1n) is 9.17. The van der Waals surface area contributed by atoms with Gasteiger partial charge in [0, 0.05) is 12.1 Å². The second kappa shape index (κ2) is 8.55. The minimum atomic E-state index is -0.632. The van der Waals surface area contributed by atoms with E-state index in [2.05, 4.69) is 21.7 Å². The number of amides is 2. The normalized spacial score (nSPS) is 11.9. The first-order valence-corrected chi connectivity index (χ1v) is 10.9. The minimum absolute atomic E-state index is 0.242. The Kier molecular flexibility index (Phi) is 5.69. The molecule has 146 valence electrons. The highest BCUT2D eigenvalue weighted by Crippen LogP contribution is 2.24. The Bertz CT molecular complexity index is 1100. The van der Waals surface area contributed by atoms with Gasteiger partial charge in [-0.3, -0.25) is 9.59 Å². The molecule has 1 unspecified atom stereocenters. The van der Waals surface area contributed by atoms with E-state index in [-0.39, 0.29) is 11.8 Å². The van der Waals surface area contributed by atoms with Gasteiger partial charge in [0.1, 0.15) is 6.04 Å². The lowest BCUT2D eigenvalue weighted by molar-refractivity contribution is -0.117. The summed E-state index contributed by atoms with van der Waals surface area (Å²) < 4.78 is 1.19. The molecular weight excluding hydrogens is 402 g/mol. The summed E-state index contributed by atoms with van der Waals surface area (Å²) in [5.41, 5.74) is 2.84. The van der Waals surface area contributed by atoms with Crippen LogP contribution in [0.15, 0.2) is 66.0 Å². The molecule has 0 saturated heterocycles. The number of benzene rings is 2. The number of anilines is 1. The molecule has 2 aromatic heterocycles. The lowest BCUT2D eigenvalue weighted by Gasteiger charge is -2.14. The van der Waals surface area contributed by atoms with Crippen LogP contribution < -0.4 is 10.6 Å². The molecule has 1 atom stereocenters. The third-order valence-electron chi connectivity index (χ3n) is 4.40. The van der Waals surface area contributed by atoms with Gasteiger partial charge in [-0.1, -0.05) is 30.3 Å². The molecule has 2 N–H and O–H groups in total. The van der Waals surface area contributed by atoms with Gasteiger partial charge in [-0.15, -0.1) is 22.7 Å². The minimum Gasteiger partial charge on any atom is -0.340 e. The highest BCUT2D eigenvalue weighted by molar-refractivity contribution is 7.18. The predicted octanol–water partition coefficient (Wildman–Crippen LogP) is 4.71. The fourth-order valence-electron chi connectivity index (χ4n) is 2.87.